The number of benzene rings is 2. The summed E-state index contributed by atoms with van der Waals surface area (Å²) in [6, 6.07) is 18.3. The highest BCUT2D eigenvalue weighted by molar-refractivity contribution is 7.13. The van der Waals surface area contributed by atoms with Crippen LogP contribution in [0.1, 0.15) is 129 Å². The number of aliphatic hydroxyl groups is 1. The number of para-hydroxylation sites is 1. The zero-order valence-electron chi connectivity index (χ0n) is 44.8. The summed E-state index contributed by atoms with van der Waals surface area (Å²) in [7, 11) is 1.96. The molecule has 8 heterocycles. The van der Waals surface area contributed by atoms with E-state index < -0.39 is 6.10 Å². The molecule has 5 aliphatic rings. The Morgan fingerprint density at radius 2 is 1.71 bits per heavy atom. The molecule has 0 bridgehead atoms. The number of piperidine rings is 2. The zero-order valence-corrected chi connectivity index (χ0v) is 45.6. The molecule has 4 aliphatic heterocycles. The normalized spacial score (nSPS) is 20.4. The van der Waals surface area contributed by atoms with E-state index in [0.29, 0.717) is 59.7 Å². The molecule has 11 rings (SSSR count). The number of aliphatic hydroxyl groups excluding tert-OH is 1. The van der Waals surface area contributed by atoms with Gasteiger partial charge in [0.25, 0.3) is 0 Å². The van der Waals surface area contributed by atoms with Crippen molar-refractivity contribution >= 4 is 53.4 Å². The number of nitrogens with one attached hydrogen (secondary N) is 2. The van der Waals surface area contributed by atoms with Crippen LogP contribution in [0, 0.1) is 18.3 Å². The summed E-state index contributed by atoms with van der Waals surface area (Å²) >= 11 is 1.70. The topological polar surface area (TPSA) is 232 Å². The summed E-state index contributed by atoms with van der Waals surface area (Å²) in [5, 5.41) is 27.9. The first-order valence-electron chi connectivity index (χ1n) is 27.0. The van der Waals surface area contributed by atoms with Gasteiger partial charge in [-0.15, -0.1) is 11.3 Å². The van der Waals surface area contributed by atoms with E-state index in [2.05, 4.69) is 66.3 Å². The number of nitrogen functional groups attached to an aromatic ring is 1. The largest absolute Gasteiger partial charge is 0.507 e. The first-order chi connectivity index (χ1) is 36.8. The molecule has 4 fully saturated rings. The monoisotopic (exact) mass is 1050 g/mol. The highest BCUT2D eigenvalue weighted by Crippen LogP contribution is 2.52. The lowest BCUT2D eigenvalue weighted by atomic mass is 9.59. The SMILES string of the molecule is C=O.CC(C)C(C(=O)N1CCC(O)C1)c1cc(N2CCC3(CC2)CC(N2CCC(c4cnc(N5CCc6[nH]c(N)c(/C=C(\N)c7ccccc7O)c6C5C)nc4)CC2)C3)no1.CNCc1ccc(-c2scnc2C)cc1. The van der Waals surface area contributed by atoms with Crippen LogP contribution in [0.4, 0.5) is 17.6 Å². The first-order valence-corrected chi connectivity index (χ1v) is 27.9. The standard InChI is InChI=1S/C45H60N10O4.C12H14N2S.CH2O/c1-27(2)40(43(58)54-16-10-32(56)26-54)38-21-39(51-59-38)53-18-12-45(13-19-53)22-31(23-45)52-14-8-29(9-15-52)30-24-48-44(49-25-30)55-17-11-36-41(28(55)3)34(42(47)50-36)20-35(46)33-6-4-5-7-37(33)57;1-9-12(15-8-14-9)11-5-3-10(4-6-11)7-13-2;1-2/h4-7,20-21,24-25,27-29,31-32,40,50,56-57H,8-19,22-23,26,46-47H2,1-3H3;3-6,8,13H,7H2,1-2H3;1H2/b35-20-;;. The second-order valence-corrected chi connectivity index (χ2v) is 22.6. The quantitative estimate of drug-likeness (QED) is 0.0677. The summed E-state index contributed by atoms with van der Waals surface area (Å²) in [5.41, 5.74) is 24.2. The number of hydrogen-bond acceptors (Lipinski definition) is 16. The number of aromatic nitrogens is 5. The number of likely N-dealkylation sites (tertiary alicyclic amines) is 2. The van der Waals surface area contributed by atoms with E-state index in [4.69, 9.17) is 30.8 Å². The van der Waals surface area contributed by atoms with E-state index in [0.717, 1.165) is 106 Å². The minimum Gasteiger partial charge on any atom is -0.507 e. The van der Waals surface area contributed by atoms with Gasteiger partial charge in [0.2, 0.25) is 11.9 Å². The minimum absolute atomic E-state index is 0.0193. The fraction of sp³-hybridized carbons (Fsp3) is 0.483. The third-order valence-corrected chi connectivity index (χ3v) is 17.7. The molecular weight excluding hydrogens is 977 g/mol. The second kappa shape index (κ2) is 23.7. The lowest BCUT2D eigenvalue weighted by Gasteiger charge is -2.56. The number of carbonyl (C=O) groups is 2. The molecule has 2 aromatic carbocycles. The number of rotatable bonds is 12. The summed E-state index contributed by atoms with van der Waals surface area (Å²) in [6.07, 6.45) is 14.0. The van der Waals surface area contributed by atoms with Gasteiger partial charge in [-0.05, 0) is 131 Å². The Morgan fingerprint density at radius 1 is 1.00 bits per heavy atom. The van der Waals surface area contributed by atoms with Crippen molar-refractivity contribution in [2.75, 3.05) is 68.4 Å². The number of phenols is 1. The van der Waals surface area contributed by atoms with Crippen LogP contribution in [-0.4, -0.2) is 123 Å². The minimum atomic E-state index is -0.439. The smallest absolute Gasteiger partial charge is 0.233 e. The van der Waals surface area contributed by atoms with Gasteiger partial charge in [0.15, 0.2) is 11.6 Å². The van der Waals surface area contributed by atoms with E-state index in [-0.39, 0.29) is 29.5 Å². The van der Waals surface area contributed by atoms with Gasteiger partial charge in [-0.3, -0.25) is 4.79 Å². The number of β-amino-alcohol motifs (C(OH)–C–C–N with tert-alkyl or cyclic N) is 1. The molecule has 0 radical (unpaired) electrons. The van der Waals surface area contributed by atoms with Crippen LogP contribution in [0.3, 0.4) is 0 Å². The third kappa shape index (κ3) is 11.6. The van der Waals surface area contributed by atoms with Gasteiger partial charge in [0, 0.05) is 98.3 Å². The number of aromatic amines is 1. The lowest BCUT2D eigenvalue weighted by molar-refractivity contribution is -0.133. The number of nitrogens with zero attached hydrogens (tertiary/aromatic N) is 8. The van der Waals surface area contributed by atoms with Crippen molar-refractivity contribution < 1.29 is 24.3 Å². The molecule has 6 aromatic rings. The Hall–Kier alpha value is -6.60. The maximum absolute atomic E-state index is 13.4. The fourth-order valence-electron chi connectivity index (χ4n) is 12.4. The number of nitrogens with two attached hydrogens (primary N) is 2. The van der Waals surface area contributed by atoms with E-state index in [1.807, 2.05) is 70.7 Å². The fourth-order valence-corrected chi connectivity index (χ4v) is 13.2. The number of aromatic hydroxyl groups is 1. The van der Waals surface area contributed by atoms with Gasteiger partial charge in [0.1, 0.15) is 24.3 Å². The molecule has 4 aromatic heterocycles. The third-order valence-electron chi connectivity index (χ3n) is 16.7. The van der Waals surface area contributed by atoms with Crippen LogP contribution in [-0.2, 0) is 22.6 Å². The van der Waals surface area contributed by atoms with E-state index >= 15 is 0 Å². The molecule has 18 heteroatoms. The van der Waals surface area contributed by atoms with Crippen molar-refractivity contribution in [1.29, 1.82) is 0 Å². The van der Waals surface area contributed by atoms with Crippen LogP contribution in [0.25, 0.3) is 22.2 Å². The summed E-state index contributed by atoms with van der Waals surface area (Å²) in [5.74, 6) is 3.06. The van der Waals surface area contributed by atoms with E-state index in [1.54, 1.807) is 34.4 Å². The van der Waals surface area contributed by atoms with Gasteiger partial charge < -0.3 is 60.9 Å². The Bertz CT molecular complexity index is 2910. The molecule has 1 spiro atoms. The molecule has 17 nitrogen and oxygen atoms in total. The van der Waals surface area contributed by atoms with Crippen LogP contribution < -0.4 is 26.6 Å². The number of fused-ring (bicyclic) bond motifs is 1. The molecule has 76 heavy (non-hydrogen) atoms. The molecule has 1 amide bonds. The van der Waals surface area contributed by atoms with Crippen LogP contribution in [0.5, 0.6) is 5.75 Å². The maximum Gasteiger partial charge on any atom is 0.233 e. The van der Waals surface area contributed by atoms with Gasteiger partial charge in [0.05, 0.1) is 28.2 Å². The molecule has 3 atom stereocenters. The molecule has 404 valence electrons. The van der Waals surface area contributed by atoms with Crippen molar-refractivity contribution in [3.8, 4) is 16.2 Å². The molecule has 3 saturated heterocycles. The number of phenolic OH excluding ortho intramolecular Hbond substituents is 1. The first kappa shape index (κ1) is 54.2. The highest BCUT2D eigenvalue weighted by atomic mass is 32.1. The Kier molecular flexibility index (Phi) is 16.9. The molecular formula is C58H76N12O5S. The van der Waals surface area contributed by atoms with Crippen molar-refractivity contribution in [3.05, 3.63) is 117 Å². The van der Waals surface area contributed by atoms with Crippen molar-refractivity contribution in [2.24, 2.45) is 17.1 Å². The van der Waals surface area contributed by atoms with Crippen LogP contribution in [0.15, 0.2) is 77.0 Å². The average molecular weight is 1050 g/mol. The van der Waals surface area contributed by atoms with Crippen molar-refractivity contribution in [1.82, 2.24) is 40.2 Å². The summed E-state index contributed by atoms with van der Waals surface area (Å²) in [6.45, 7) is 17.1. The molecule has 1 aliphatic carbocycles. The Labute approximate surface area is 450 Å². The van der Waals surface area contributed by atoms with Crippen molar-refractivity contribution in [3.63, 3.8) is 0 Å². The second-order valence-electron chi connectivity index (χ2n) is 21.8. The Morgan fingerprint density at radius 3 is 2.34 bits per heavy atom. The van der Waals surface area contributed by atoms with E-state index in [9.17, 15) is 15.0 Å². The van der Waals surface area contributed by atoms with Gasteiger partial charge in [-0.2, -0.15) is 0 Å². The molecule has 8 N–H and O–H groups in total. The number of carbonyl (C=O) groups excluding carboxylic acids is 2. The number of hydrogen-bond donors (Lipinski definition) is 6. The molecule has 1 saturated carbocycles. The van der Waals surface area contributed by atoms with Crippen molar-refractivity contribution in [2.45, 2.75) is 116 Å². The number of thiazole rings is 1. The predicted molar refractivity (Wildman–Crippen MR) is 301 cm³/mol. The van der Waals surface area contributed by atoms with Crippen LogP contribution in [0.2, 0.25) is 0 Å². The number of H-pyrrole nitrogens is 1. The number of amides is 1. The van der Waals surface area contributed by atoms with Gasteiger partial charge >= 0.3 is 0 Å². The number of anilines is 3. The molecule has 3 unspecified atom stereocenters. The predicted octanol–water partition coefficient (Wildman–Crippen LogP) is 8.28. The Balaban J connectivity index is 0.000000354. The van der Waals surface area contributed by atoms with Gasteiger partial charge in [-0.25, -0.2) is 15.0 Å². The summed E-state index contributed by atoms with van der Waals surface area (Å²) < 4.78 is 5.82. The van der Waals surface area contributed by atoms with E-state index in [1.165, 1.54) is 34.4 Å². The zero-order chi connectivity index (χ0) is 53.7. The highest BCUT2D eigenvalue weighted by Gasteiger charge is 2.48. The van der Waals surface area contributed by atoms with Gasteiger partial charge in [-0.1, -0.05) is 55.4 Å². The lowest BCUT2D eigenvalue weighted by Crippen LogP contribution is -2.56. The number of aryl methyl sites for hydroxylation is 1. The summed E-state index contributed by atoms with van der Waals surface area (Å²) in [4.78, 5) is 49.2. The van der Waals surface area contributed by atoms with Crippen LogP contribution >= 0.6 is 11.3 Å². The maximum atomic E-state index is 13.4. The average Bonchev–Trinajstić information content (AvgIpc) is 4.25.